The van der Waals surface area contributed by atoms with Crippen LogP contribution in [0.25, 0.3) is 0 Å². The molecule has 106 valence electrons. The fourth-order valence-electron chi connectivity index (χ4n) is 1.79. The molecular weight excluding hydrogens is 262 g/mol. The molecule has 1 aromatic heterocycles. The van der Waals surface area contributed by atoms with Crippen molar-refractivity contribution in [2.24, 2.45) is 0 Å². The van der Waals surface area contributed by atoms with E-state index >= 15 is 0 Å². The molecule has 2 rings (SSSR count). The minimum absolute atomic E-state index is 0.340. The van der Waals surface area contributed by atoms with Crippen LogP contribution < -0.4 is 10.2 Å². The molecule has 1 unspecified atom stereocenters. The topological polar surface area (TPSA) is 63.2 Å². The zero-order chi connectivity index (χ0) is 13.7. The second-order valence-corrected chi connectivity index (χ2v) is 5.60. The van der Waals surface area contributed by atoms with Crippen molar-refractivity contribution in [3.05, 3.63) is 0 Å². The predicted octanol–water partition coefficient (Wildman–Crippen LogP) is 1.64. The molecule has 0 bridgehead atoms. The Bertz CT molecular complexity index is 409. The van der Waals surface area contributed by atoms with Crippen LogP contribution in [0.15, 0.2) is 5.16 Å². The van der Waals surface area contributed by atoms with E-state index in [9.17, 15) is 0 Å². The number of rotatable bonds is 6. The van der Waals surface area contributed by atoms with E-state index in [1.54, 1.807) is 11.8 Å². The normalized spacial score (nSPS) is 18.6. The molecule has 19 heavy (non-hydrogen) atoms. The summed E-state index contributed by atoms with van der Waals surface area (Å²) in [6.07, 6.45) is 2.64. The Morgan fingerprint density at radius 3 is 2.84 bits per heavy atom. The van der Waals surface area contributed by atoms with Gasteiger partial charge in [-0.05, 0) is 19.8 Å². The Hall–Kier alpha value is -1.08. The fourth-order valence-corrected chi connectivity index (χ4v) is 2.69. The van der Waals surface area contributed by atoms with Crippen LogP contribution in [0.3, 0.4) is 0 Å². The first kappa shape index (κ1) is 14.3. The summed E-state index contributed by atoms with van der Waals surface area (Å²) in [7, 11) is 3.86. The van der Waals surface area contributed by atoms with Crippen molar-refractivity contribution >= 4 is 23.7 Å². The Kier molecular flexibility index (Phi) is 5.21. The van der Waals surface area contributed by atoms with Crippen LogP contribution in [0.4, 0.5) is 11.9 Å². The number of ether oxygens (including phenoxy) is 1. The lowest BCUT2D eigenvalue weighted by molar-refractivity contribution is 0.129. The minimum Gasteiger partial charge on any atom is -0.377 e. The van der Waals surface area contributed by atoms with Gasteiger partial charge in [-0.25, -0.2) is 0 Å². The number of nitrogens with one attached hydrogen (secondary N) is 1. The maximum atomic E-state index is 5.61. The van der Waals surface area contributed by atoms with Gasteiger partial charge in [0.1, 0.15) is 0 Å². The molecule has 0 aliphatic carbocycles. The number of hydrogen-bond acceptors (Lipinski definition) is 7. The van der Waals surface area contributed by atoms with E-state index in [-0.39, 0.29) is 0 Å². The molecule has 1 N–H and O–H groups in total. The molecule has 6 nitrogen and oxygen atoms in total. The van der Waals surface area contributed by atoms with Gasteiger partial charge in [-0.2, -0.15) is 15.0 Å². The SMILES string of the molecule is CCNc1nc(SCC2CCCO2)nc(N(C)C)n1. The van der Waals surface area contributed by atoms with Crippen molar-refractivity contribution in [2.75, 3.05) is 43.2 Å². The van der Waals surface area contributed by atoms with E-state index in [0.717, 1.165) is 36.9 Å². The Morgan fingerprint density at radius 2 is 2.21 bits per heavy atom. The maximum absolute atomic E-state index is 5.61. The van der Waals surface area contributed by atoms with Gasteiger partial charge in [0.15, 0.2) is 5.16 Å². The summed E-state index contributed by atoms with van der Waals surface area (Å²) < 4.78 is 5.61. The smallest absolute Gasteiger partial charge is 0.230 e. The molecule has 1 atom stereocenters. The molecule has 1 saturated heterocycles. The van der Waals surface area contributed by atoms with Crippen LogP contribution in [0.2, 0.25) is 0 Å². The average Bonchev–Trinajstić information content (AvgIpc) is 2.89. The summed E-state index contributed by atoms with van der Waals surface area (Å²) in [4.78, 5) is 15.1. The molecule has 1 aliphatic heterocycles. The van der Waals surface area contributed by atoms with E-state index in [1.165, 1.54) is 0 Å². The molecule has 0 amide bonds. The van der Waals surface area contributed by atoms with Crippen molar-refractivity contribution in [3.8, 4) is 0 Å². The monoisotopic (exact) mass is 283 g/mol. The van der Waals surface area contributed by atoms with Gasteiger partial charge < -0.3 is 15.0 Å². The number of anilines is 2. The number of hydrogen-bond donors (Lipinski definition) is 1. The van der Waals surface area contributed by atoms with Crippen LogP contribution in [-0.2, 0) is 4.74 Å². The molecule has 0 spiro atoms. The van der Waals surface area contributed by atoms with Crippen LogP contribution in [-0.4, -0.2) is 54.1 Å². The lowest BCUT2D eigenvalue weighted by atomic mass is 10.3. The van der Waals surface area contributed by atoms with Gasteiger partial charge in [-0.3, -0.25) is 0 Å². The van der Waals surface area contributed by atoms with Crippen molar-refractivity contribution in [3.63, 3.8) is 0 Å². The first-order valence-electron chi connectivity index (χ1n) is 6.60. The average molecular weight is 283 g/mol. The lowest BCUT2D eigenvalue weighted by Crippen LogP contribution is -2.16. The summed E-state index contributed by atoms with van der Waals surface area (Å²) in [5.41, 5.74) is 0. The quantitative estimate of drug-likeness (QED) is 0.796. The first-order chi connectivity index (χ1) is 9.19. The van der Waals surface area contributed by atoms with Crippen molar-refractivity contribution in [1.82, 2.24) is 15.0 Å². The summed E-state index contributed by atoms with van der Waals surface area (Å²) >= 11 is 1.64. The van der Waals surface area contributed by atoms with Gasteiger partial charge in [0.25, 0.3) is 0 Å². The molecule has 2 heterocycles. The first-order valence-corrected chi connectivity index (χ1v) is 7.59. The van der Waals surface area contributed by atoms with Gasteiger partial charge in [-0.15, -0.1) is 0 Å². The van der Waals surface area contributed by atoms with Gasteiger partial charge in [0, 0.05) is 33.0 Å². The predicted molar refractivity (Wildman–Crippen MR) is 78.0 cm³/mol. The van der Waals surface area contributed by atoms with E-state index in [4.69, 9.17) is 4.74 Å². The van der Waals surface area contributed by atoms with E-state index < -0.39 is 0 Å². The third kappa shape index (κ3) is 4.21. The van der Waals surface area contributed by atoms with Crippen molar-refractivity contribution in [2.45, 2.75) is 31.0 Å². The van der Waals surface area contributed by atoms with E-state index in [1.807, 2.05) is 25.9 Å². The van der Waals surface area contributed by atoms with Crippen LogP contribution >= 0.6 is 11.8 Å². The highest BCUT2D eigenvalue weighted by Gasteiger charge is 2.17. The third-order valence-electron chi connectivity index (χ3n) is 2.76. The largest absolute Gasteiger partial charge is 0.377 e. The van der Waals surface area contributed by atoms with Crippen LogP contribution in [0.5, 0.6) is 0 Å². The van der Waals surface area contributed by atoms with Gasteiger partial charge in [0.2, 0.25) is 11.9 Å². The lowest BCUT2D eigenvalue weighted by Gasteiger charge is -2.13. The van der Waals surface area contributed by atoms with Gasteiger partial charge in [-0.1, -0.05) is 11.8 Å². The van der Waals surface area contributed by atoms with E-state index in [2.05, 4.69) is 20.3 Å². The number of nitrogens with zero attached hydrogens (tertiary/aromatic N) is 4. The Labute approximate surface area is 118 Å². The van der Waals surface area contributed by atoms with Crippen LogP contribution in [0, 0.1) is 0 Å². The molecule has 1 aliphatic rings. The van der Waals surface area contributed by atoms with E-state index in [0.29, 0.717) is 18.0 Å². The molecule has 7 heteroatoms. The number of thioether (sulfide) groups is 1. The summed E-state index contributed by atoms with van der Waals surface area (Å²) in [5, 5.41) is 3.89. The maximum Gasteiger partial charge on any atom is 0.230 e. The van der Waals surface area contributed by atoms with Crippen molar-refractivity contribution < 1.29 is 4.74 Å². The molecule has 0 aromatic carbocycles. The zero-order valence-corrected chi connectivity index (χ0v) is 12.5. The highest BCUT2D eigenvalue weighted by Crippen LogP contribution is 2.23. The zero-order valence-electron chi connectivity index (χ0n) is 11.7. The second kappa shape index (κ2) is 6.91. The molecule has 1 fully saturated rings. The summed E-state index contributed by atoms with van der Waals surface area (Å²) in [6, 6.07) is 0. The standard InChI is InChI=1S/C12H21N5OS/c1-4-13-10-14-11(17(2)3)16-12(15-10)19-8-9-6-5-7-18-9/h9H,4-8H2,1-3H3,(H,13,14,15,16). The number of aromatic nitrogens is 3. The molecule has 0 radical (unpaired) electrons. The summed E-state index contributed by atoms with van der Waals surface area (Å²) in [5.74, 6) is 2.22. The minimum atomic E-state index is 0.340. The summed E-state index contributed by atoms with van der Waals surface area (Å²) in [6.45, 7) is 3.71. The van der Waals surface area contributed by atoms with Crippen molar-refractivity contribution in [1.29, 1.82) is 0 Å². The van der Waals surface area contributed by atoms with Gasteiger partial charge in [0.05, 0.1) is 6.10 Å². The highest BCUT2D eigenvalue weighted by molar-refractivity contribution is 7.99. The molecule has 1 aromatic rings. The third-order valence-corrected chi connectivity index (χ3v) is 3.74. The molecular formula is C12H21N5OS. The van der Waals surface area contributed by atoms with Crippen LogP contribution in [0.1, 0.15) is 19.8 Å². The van der Waals surface area contributed by atoms with Gasteiger partial charge >= 0.3 is 0 Å². The Balaban J connectivity index is 2.04. The second-order valence-electron chi connectivity index (χ2n) is 4.61. The Morgan fingerprint density at radius 1 is 1.37 bits per heavy atom. The molecule has 0 saturated carbocycles. The highest BCUT2D eigenvalue weighted by atomic mass is 32.2. The fraction of sp³-hybridized carbons (Fsp3) is 0.750.